The Bertz CT molecular complexity index is 529. The third-order valence-electron chi connectivity index (χ3n) is 1.94. The van der Waals surface area contributed by atoms with Gasteiger partial charge in [-0.25, -0.2) is 0 Å². The third-order valence-corrected chi connectivity index (χ3v) is 3.02. The van der Waals surface area contributed by atoms with E-state index in [0.717, 1.165) is 5.56 Å². The maximum atomic E-state index is 11.2. The van der Waals surface area contributed by atoms with Crippen LogP contribution in [0.5, 0.6) is 0 Å². The molecule has 0 aliphatic heterocycles. The molecule has 96 valence electrons. The van der Waals surface area contributed by atoms with Crippen molar-refractivity contribution in [1.29, 1.82) is 0 Å². The molecule has 0 amide bonds. The number of carbonyl (C=O) groups excluding carboxylic acids is 1. The van der Waals surface area contributed by atoms with Crippen molar-refractivity contribution in [3.05, 3.63) is 54.6 Å². The third kappa shape index (κ3) is 5.45. The highest BCUT2D eigenvalue weighted by Crippen LogP contribution is 2.03. The average molecular weight is 266 g/mol. The van der Waals surface area contributed by atoms with Gasteiger partial charge in [0, 0.05) is 0 Å². The number of hydrogen-bond acceptors (Lipinski definition) is 4. The molecular weight excluding hydrogens is 252 g/mol. The largest absolute Gasteiger partial charge is 0.345 e. The maximum absolute atomic E-state index is 11.2. The van der Waals surface area contributed by atoms with E-state index in [1.54, 1.807) is 12.2 Å². The average Bonchev–Trinajstić information content (AvgIpc) is 2.29. The lowest BCUT2D eigenvalue weighted by Gasteiger charge is -2.00. The van der Waals surface area contributed by atoms with E-state index in [2.05, 4.69) is 10.8 Å². The van der Waals surface area contributed by atoms with Crippen LogP contribution in [0.25, 0.3) is 6.08 Å². The van der Waals surface area contributed by atoms with Gasteiger partial charge in [-0.2, -0.15) is 8.42 Å². The summed E-state index contributed by atoms with van der Waals surface area (Å²) in [5.41, 5.74) is 0.930. The summed E-state index contributed by atoms with van der Waals surface area (Å²) in [6.07, 6.45) is 4.36. The van der Waals surface area contributed by atoms with Crippen molar-refractivity contribution in [3.63, 3.8) is 0 Å². The van der Waals surface area contributed by atoms with Crippen molar-refractivity contribution in [2.75, 3.05) is 5.75 Å². The molecule has 0 fully saturated rings. The molecule has 0 atom stereocenters. The van der Waals surface area contributed by atoms with Crippen LogP contribution >= 0.6 is 0 Å². The van der Waals surface area contributed by atoms with Gasteiger partial charge in [0.25, 0.3) is 0 Å². The summed E-state index contributed by atoms with van der Waals surface area (Å²) in [5.74, 6) is -1.18. The van der Waals surface area contributed by atoms with Crippen LogP contribution in [0, 0.1) is 0 Å². The Morgan fingerprint density at radius 1 is 1.28 bits per heavy atom. The predicted molar refractivity (Wildman–Crippen MR) is 70.2 cm³/mol. The maximum Gasteiger partial charge on any atom is 0.325 e. The number of benzene rings is 1. The molecule has 0 heterocycles. The predicted octanol–water partition coefficient (Wildman–Crippen LogP) is 2.15. The first kappa shape index (κ1) is 14.2. The Labute approximate surface area is 107 Å². The zero-order chi connectivity index (χ0) is 13.4. The lowest BCUT2D eigenvalue weighted by molar-refractivity contribution is -0.132. The van der Waals surface area contributed by atoms with Crippen LogP contribution in [0.1, 0.15) is 12.0 Å². The molecular formula is C13H14O4S. The Balaban J connectivity index is 2.47. The van der Waals surface area contributed by atoms with E-state index in [9.17, 15) is 13.2 Å². The lowest BCUT2D eigenvalue weighted by Crippen LogP contribution is -2.14. The van der Waals surface area contributed by atoms with Crippen LogP contribution in [0.4, 0.5) is 0 Å². The summed E-state index contributed by atoms with van der Waals surface area (Å²) in [6.45, 7) is 3.27. The number of rotatable bonds is 6. The molecule has 5 heteroatoms. The highest BCUT2D eigenvalue weighted by Gasteiger charge is 2.13. The molecule has 0 bridgehead atoms. The molecule has 0 spiro atoms. The lowest BCUT2D eigenvalue weighted by atomic mass is 10.2. The van der Waals surface area contributed by atoms with Crippen LogP contribution in [-0.4, -0.2) is 20.1 Å². The standard InChI is InChI=1S/C13H14O4S/c1-2-11-18(15,16)17-13(14)10-6-9-12-7-4-3-5-8-12/h2-9H,1,10-11H2. The fourth-order valence-corrected chi connectivity index (χ4v) is 1.92. The van der Waals surface area contributed by atoms with Gasteiger partial charge in [-0.15, -0.1) is 6.58 Å². The Morgan fingerprint density at radius 3 is 2.56 bits per heavy atom. The van der Waals surface area contributed by atoms with Crippen LogP contribution < -0.4 is 0 Å². The van der Waals surface area contributed by atoms with Crippen molar-refractivity contribution >= 4 is 22.2 Å². The smallest absolute Gasteiger partial charge is 0.325 e. The molecule has 0 aromatic heterocycles. The van der Waals surface area contributed by atoms with E-state index >= 15 is 0 Å². The first-order valence-corrected chi connectivity index (χ1v) is 6.89. The summed E-state index contributed by atoms with van der Waals surface area (Å²) >= 11 is 0. The molecule has 0 unspecified atom stereocenters. The normalized spacial score (nSPS) is 11.3. The Hall–Kier alpha value is -1.88. The summed E-state index contributed by atoms with van der Waals surface area (Å²) in [7, 11) is -3.83. The van der Waals surface area contributed by atoms with Gasteiger partial charge >= 0.3 is 16.1 Å². The molecule has 1 aromatic carbocycles. The molecule has 18 heavy (non-hydrogen) atoms. The van der Waals surface area contributed by atoms with Crippen LogP contribution in [-0.2, 0) is 19.1 Å². The van der Waals surface area contributed by atoms with Gasteiger partial charge in [-0.05, 0) is 5.56 Å². The van der Waals surface area contributed by atoms with Gasteiger partial charge < -0.3 is 4.18 Å². The first-order valence-electron chi connectivity index (χ1n) is 5.31. The molecule has 1 aromatic rings. The van der Waals surface area contributed by atoms with Gasteiger partial charge in [0.2, 0.25) is 0 Å². The number of hydrogen-bond donors (Lipinski definition) is 0. The second-order valence-electron chi connectivity index (χ2n) is 3.49. The zero-order valence-electron chi connectivity index (χ0n) is 9.78. The monoisotopic (exact) mass is 266 g/mol. The van der Waals surface area contributed by atoms with Gasteiger partial charge in [0.15, 0.2) is 0 Å². The van der Waals surface area contributed by atoms with E-state index in [4.69, 9.17) is 0 Å². The van der Waals surface area contributed by atoms with Crippen LogP contribution in [0.15, 0.2) is 49.1 Å². The van der Waals surface area contributed by atoms with Crippen molar-refractivity contribution < 1.29 is 17.4 Å². The molecule has 0 saturated heterocycles. The fraction of sp³-hybridized carbons (Fsp3) is 0.154. The molecule has 1 rings (SSSR count). The SMILES string of the molecule is C=CCS(=O)(=O)OC(=O)CC=Cc1ccccc1. The van der Waals surface area contributed by atoms with E-state index in [0.29, 0.717) is 0 Å². The zero-order valence-corrected chi connectivity index (χ0v) is 10.6. The van der Waals surface area contributed by atoms with E-state index in [-0.39, 0.29) is 12.2 Å². The van der Waals surface area contributed by atoms with Crippen molar-refractivity contribution in [3.8, 4) is 0 Å². The highest BCUT2D eigenvalue weighted by atomic mass is 32.2. The molecule has 0 aliphatic rings. The molecule has 0 saturated carbocycles. The van der Waals surface area contributed by atoms with E-state index < -0.39 is 16.1 Å². The molecule has 0 N–H and O–H groups in total. The topological polar surface area (TPSA) is 60.4 Å². The van der Waals surface area contributed by atoms with Crippen molar-refractivity contribution in [2.24, 2.45) is 0 Å². The van der Waals surface area contributed by atoms with Crippen molar-refractivity contribution in [1.82, 2.24) is 0 Å². The van der Waals surface area contributed by atoms with E-state index in [1.165, 1.54) is 6.08 Å². The first-order chi connectivity index (χ1) is 8.53. The number of carbonyl (C=O) groups is 1. The second-order valence-corrected chi connectivity index (χ2v) is 5.10. The highest BCUT2D eigenvalue weighted by molar-refractivity contribution is 7.87. The van der Waals surface area contributed by atoms with Crippen molar-refractivity contribution in [2.45, 2.75) is 6.42 Å². The summed E-state index contributed by atoms with van der Waals surface area (Å²) in [6, 6.07) is 9.36. The Kier molecular flexibility index (Phi) is 5.32. The van der Waals surface area contributed by atoms with Crippen LogP contribution in [0.3, 0.4) is 0 Å². The molecule has 0 aliphatic carbocycles. The van der Waals surface area contributed by atoms with Gasteiger partial charge in [-0.1, -0.05) is 48.6 Å². The fourth-order valence-electron chi connectivity index (χ4n) is 1.21. The molecule has 4 nitrogen and oxygen atoms in total. The summed E-state index contributed by atoms with van der Waals surface area (Å²) in [5, 5.41) is 0. The van der Waals surface area contributed by atoms with Crippen LogP contribution in [0.2, 0.25) is 0 Å². The van der Waals surface area contributed by atoms with Gasteiger partial charge in [-0.3, -0.25) is 4.79 Å². The van der Waals surface area contributed by atoms with E-state index in [1.807, 2.05) is 30.3 Å². The molecule has 0 radical (unpaired) electrons. The second kappa shape index (κ2) is 6.76. The summed E-state index contributed by atoms with van der Waals surface area (Å²) in [4.78, 5) is 11.2. The Morgan fingerprint density at radius 2 is 1.94 bits per heavy atom. The quantitative estimate of drug-likeness (QED) is 0.584. The van der Waals surface area contributed by atoms with Gasteiger partial charge in [0.1, 0.15) is 5.75 Å². The minimum absolute atomic E-state index is 0.0920. The minimum atomic E-state index is -3.83. The van der Waals surface area contributed by atoms with Gasteiger partial charge in [0.05, 0.1) is 6.42 Å². The summed E-state index contributed by atoms with van der Waals surface area (Å²) < 4.78 is 26.6. The minimum Gasteiger partial charge on any atom is -0.345 e.